The van der Waals surface area contributed by atoms with Gasteiger partial charge in [0, 0.05) is 35.6 Å². The Bertz CT molecular complexity index is 848. The molecule has 2 aromatic rings. The zero-order chi connectivity index (χ0) is 18.0. The highest BCUT2D eigenvalue weighted by Crippen LogP contribution is 2.46. The molecule has 128 valence electrons. The fourth-order valence-corrected chi connectivity index (χ4v) is 3.28. The maximum atomic E-state index is 12.1. The molecular weight excluding hydrogens is 310 g/mol. The minimum Gasteiger partial charge on any atom is -0.347 e. The molecule has 4 heteroatoms. The molecule has 0 unspecified atom stereocenters. The standard InChI is InChI=1S/C21H23N3O/c1-15-9-11-16(12-10-15)20(25)23-22-14-13-19-21(2,3)17-7-5-6-8-18(17)24(19)4/h5-14H,1-4H3,(H,23,25)/b19-13-,22-14-. The van der Waals surface area contributed by atoms with Gasteiger partial charge in [-0.1, -0.05) is 49.7 Å². The van der Waals surface area contributed by atoms with Gasteiger partial charge in [0.05, 0.1) is 0 Å². The molecule has 0 atom stereocenters. The third-order valence-corrected chi connectivity index (χ3v) is 4.73. The number of nitrogens with zero attached hydrogens (tertiary/aromatic N) is 2. The summed E-state index contributed by atoms with van der Waals surface area (Å²) in [5, 5.41) is 4.07. The molecule has 0 bridgehead atoms. The van der Waals surface area contributed by atoms with Crippen LogP contribution in [0.1, 0.15) is 35.3 Å². The molecule has 25 heavy (non-hydrogen) atoms. The number of hydrogen-bond donors (Lipinski definition) is 1. The third-order valence-electron chi connectivity index (χ3n) is 4.73. The first-order valence-electron chi connectivity index (χ1n) is 8.35. The smallest absolute Gasteiger partial charge is 0.271 e. The van der Waals surface area contributed by atoms with E-state index in [1.165, 1.54) is 11.3 Å². The first-order chi connectivity index (χ1) is 11.9. The summed E-state index contributed by atoms with van der Waals surface area (Å²) in [4.78, 5) is 14.2. The Morgan fingerprint density at radius 2 is 1.80 bits per heavy atom. The Morgan fingerprint density at radius 1 is 1.12 bits per heavy atom. The highest BCUT2D eigenvalue weighted by atomic mass is 16.2. The van der Waals surface area contributed by atoms with E-state index in [0.29, 0.717) is 5.56 Å². The highest BCUT2D eigenvalue weighted by Gasteiger charge is 2.37. The number of hydrazone groups is 1. The second-order valence-corrected chi connectivity index (χ2v) is 6.84. The average molecular weight is 333 g/mol. The lowest BCUT2D eigenvalue weighted by Gasteiger charge is -2.23. The summed E-state index contributed by atoms with van der Waals surface area (Å²) in [6.45, 7) is 6.38. The predicted molar refractivity (Wildman–Crippen MR) is 103 cm³/mol. The van der Waals surface area contributed by atoms with E-state index in [1.54, 1.807) is 18.3 Å². The van der Waals surface area contributed by atoms with Crippen LogP contribution in [0.25, 0.3) is 0 Å². The Kier molecular flexibility index (Phi) is 4.45. The van der Waals surface area contributed by atoms with Crippen LogP contribution in [0, 0.1) is 6.92 Å². The van der Waals surface area contributed by atoms with E-state index in [9.17, 15) is 4.79 Å². The first kappa shape index (κ1) is 17.0. The van der Waals surface area contributed by atoms with Crippen LogP contribution in [0.15, 0.2) is 65.4 Å². The largest absolute Gasteiger partial charge is 0.347 e. The van der Waals surface area contributed by atoms with Crippen molar-refractivity contribution in [1.82, 2.24) is 5.43 Å². The van der Waals surface area contributed by atoms with Crippen LogP contribution < -0.4 is 10.3 Å². The number of carbonyl (C=O) groups excluding carboxylic acids is 1. The number of nitrogens with one attached hydrogen (secondary N) is 1. The lowest BCUT2D eigenvalue weighted by atomic mass is 9.84. The van der Waals surface area contributed by atoms with Crippen molar-refractivity contribution < 1.29 is 4.79 Å². The summed E-state index contributed by atoms with van der Waals surface area (Å²) in [5.74, 6) is -0.211. The molecule has 0 fully saturated rings. The van der Waals surface area contributed by atoms with E-state index < -0.39 is 0 Å². The van der Waals surface area contributed by atoms with Gasteiger partial charge in [-0.05, 0) is 36.8 Å². The first-order valence-corrected chi connectivity index (χ1v) is 8.35. The summed E-state index contributed by atoms with van der Waals surface area (Å²) in [5.41, 5.74) is 7.83. The summed E-state index contributed by atoms with van der Waals surface area (Å²) >= 11 is 0. The second kappa shape index (κ2) is 6.55. The van der Waals surface area contributed by atoms with Crippen molar-refractivity contribution in [3.8, 4) is 0 Å². The zero-order valence-electron chi connectivity index (χ0n) is 15.1. The molecule has 4 nitrogen and oxygen atoms in total. The van der Waals surface area contributed by atoms with E-state index in [2.05, 4.69) is 54.5 Å². The Labute approximate surface area is 148 Å². The van der Waals surface area contributed by atoms with E-state index in [0.717, 1.165) is 11.3 Å². The van der Waals surface area contributed by atoms with Crippen LogP contribution >= 0.6 is 0 Å². The average Bonchev–Trinajstić information content (AvgIpc) is 2.79. The normalized spacial score (nSPS) is 17.1. The molecule has 1 amide bonds. The van der Waals surface area contributed by atoms with Crippen LogP contribution in [0.5, 0.6) is 0 Å². The van der Waals surface area contributed by atoms with E-state index in [1.807, 2.05) is 31.2 Å². The molecule has 0 saturated carbocycles. The van der Waals surface area contributed by atoms with Gasteiger partial charge in [0.15, 0.2) is 0 Å². The molecule has 0 aliphatic carbocycles. The quantitative estimate of drug-likeness (QED) is 0.681. The molecule has 1 N–H and O–H groups in total. The number of hydrogen-bond acceptors (Lipinski definition) is 3. The SMILES string of the molecule is Cc1ccc(C(=O)N/N=C\C=C2/N(C)c3ccccc3C2(C)C)cc1. The number of allylic oxidation sites excluding steroid dienone is 2. The Hall–Kier alpha value is -2.88. The molecule has 0 spiro atoms. The van der Waals surface area contributed by atoms with Crippen molar-refractivity contribution >= 4 is 17.8 Å². The van der Waals surface area contributed by atoms with Gasteiger partial charge in [-0.15, -0.1) is 0 Å². The van der Waals surface area contributed by atoms with Crippen molar-refractivity contribution in [1.29, 1.82) is 0 Å². The Morgan fingerprint density at radius 3 is 2.48 bits per heavy atom. The number of rotatable bonds is 3. The fourth-order valence-electron chi connectivity index (χ4n) is 3.28. The number of fused-ring (bicyclic) bond motifs is 1. The van der Waals surface area contributed by atoms with Gasteiger partial charge in [-0.3, -0.25) is 4.79 Å². The molecule has 2 aromatic carbocycles. The molecule has 1 heterocycles. The number of benzene rings is 2. The number of amides is 1. The predicted octanol–water partition coefficient (Wildman–Crippen LogP) is 4.02. The summed E-state index contributed by atoms with van der Waals surface area (Å²) in [6.07, 6.45) is 3.60. The molecular formula is C21H23N3O. The van der Waals surface area contributed by atoms with Crippen LogP contribution in [0.2, 0.25) is 0 Å². The van der Waals surface area contributed by atoms with Crippen molar-refractivity contribution in [2.24, 2.45) is 5.10 Å². The van der Waals surface area contributed by atoms with Gasteiger partial charge in [-0.2, -0.15) is 5.10 Å². The van der Waals surface area contributed by atoms with Crippen molar-refractivity contribution in [2.45, 2.75) is 26.2 Å². The Balaban J connectivity index is 1.73. The molecule has 1 aliphatic rings. The summed E-state index contributed by atoms with van der Waals surface area (Å²) in [7, 11) is 2.05. The summed E-state index contributed by atoms with van der Waals surface area (Å²) < 4.78 is 0. The van der Waals surface area contributed by atoms with E-state index in [4.69, 9.17) is 0 Å². The number of likely N-dealkylation sites (N-methyl/N-ethyl adjacent to an activating group) is 1. The minimum absolute atomic E-state index is 0.0989. The maximum absolute atomic E-state index is 12.1. The van der Waals surface area contributed by atoms with Crippen molar-refractivity contribution in [3.05, 3.63) is 77.0 Å². The zero-order valence-corrected chi connectivity index (χ0v) is 15.1. The van der Waals surface area contributed by atoms with Crippen molar-refractivity contribution in [2.75, 3.05) is 11.9 Å². The van der Waals surface area contributed by atoms with Crippen LogP contribution in [0.4, 0.5) is 5.69 Å². The lowest BCUT2D eigenvalue weighted by Crippen LogP contribution is -2.23. The van der Waals surface area contributed by atoms with E-state index >= 15 is 0 Å². The van der Waals surface area contributed by atoms with Crippen molar-refractivity contribution in [3.63, 3.8) is 0 Å². The highest BCUT2D eigenvalue weighted by molar-refractivity contribution is 5.94. The fraction of sp³-hybridized carbons (Fsp3) is 0.238. The van der Waals surface area contributed by atoms with Crippen LogP contribution in [-0.4, -0.2) is 19.2 Å². The summed E-state index contributed by atoms with van der Waals surface area (Å²) in [6, 6.07) is 15.8. The van der Waals surface area contributed by atoms with Gasteiger partial charge in [-0.25, -0.2) is 5.43 Å². The van der Waals surface area contributed by atoms with Gasteiger partial charge < -0.3 is 4.90 Å². The monoisotopic (exact) mass is 333 g/mol. The van der Waals surface area contributed by atoms with Gasteiger partial charge in [0.2, 0.25) is 0 Å². The maximum Gasteiger partial charge on any atom is 0.271 e. The number of carbonyl (C=O) groups is 1. The van der Waals surface area contributed by atoms with Crippen LogP contribution in [-0.2, 0) is 5.41 Å². The molecule has 0 aromatic heterocycles. The molecule has 1 aliphatic heterocycles. The number of aryl methyl sites for hydroxylation is 1. The van der Waals surface area contributed by atoms with Gasteiger partial charge in [0.25, 0.3) is 5.91 Å². The topological polar surface area (TPSA) is 44.7 Å². The third kappa shape index (κ3) is 3.20. The lowest BCUT2D eigenvalue weighted by molar-refractivity contribution is 0.0955. The molecule has 0 radical (unpaired) electrons. The molecule has 0 saturated heterocycles. The number of para-hydroxylation sites is 1. The number of anilines is 1. The molecule has 3 rings (SSSR count). The second-order valence-electron chi connectivity index (χ2n) is 6.84. The van der Waals surface area contributed by atoms with Gasteiger partial charge >= 0.3 is 0 Å². The van der Waals surface area contributed by atoms with E-state index in [-0.39, 0.29) is 11.3 Å². The van der Waals surface area contributed by atoms with Gasteiger partial charge in [0.1, 0.15) is 0 Å². The minimum atomic E-state index is -0.211. The van der Waals surface area contributed by atoms with Crippen LogP contribution in [0.3, 0.4) is 0 Å².